The summed E-state index contributed by atoms with van der Waals surface area (Å²) in [7, 11) is -2.10. The summed E-state index contributed by atoms with van der Waals surface area (Å²) < 4.78 is 26.6. The van der Waals surface area contributed by atoms with Gasteiger partial charge in [-0.3, -0.25) is 0 Å². The van der Waals surface area contributed by atoms with Crippen LogP contribution in [0.2, 0.25) is 0 Å². The Hall–Kier alpha value is -1.40. The van der Waals surface area contributed by atoms with Crippen LogP contribution in [-0.2, 0) is 10.0 Å². The molecule has 1 aliphatic rings. The second kappa shape index (κ2) is 5.18. The van der Waals surface area contributed by atoms with E-state index in [4.69, 9.17) is 5.11 Å². The largest absolute Gasteiger partial charge is 0.478 e. The standard InChI is InChI=1S/C14H19NO4S/c1-9-4-5-12(14(16)17)8-13(9)20(18,19)15(3)10(2)11-6-7-11/h4-5,8,10-11H,6-7H2,1-3H3,(H,16,17). The van der Waals surface area contributed by atoms with Crippen molar-refractivity contribution in [3.8, 4) is 0 Å². The summed E-state index contributed by atoms with van der Waals surface area (Å²) in [5.74, 6) is -0.711. The van der Waals surface area contributed by atoms with Gasteiger partial charge in [0.2, 0.25) is 10.0 Å². The first-order valence-corrected chi connectivity index (χ1v) is 8.01. The number of hydrogen-bond donors (Lipinski definition) is 1. The first-order valence-electron chi connectivity index (χ1n) is 6.57. The van der Waals surface area contributed by atoms with E-state index in [1.54, 1.807) is 14.0 Å². The van der Waals surface area contributed by atoms with Crippen molar-refractivity contribution in [2.45, 2.75) is 37.6 Å². The van der Waals surface area contributed by atoms with E-state index in [9.17, 15) is 13.2 Å². The maximum absolute atomic E-state index is 12.6. The predicted octanol–water partition coefficient (Wildman–Crippen LogP) is 2.11. The minimum atomic E-state index is -3.66. The summed E-state index contributed by atoms with van der Waals surface area (Å²) in [4.78, 5) is 11.1. The molecule has 1 N–H and O–H groups in total. The van der Waals surface area contributed by atoms with Crippen molar-refractivity contribution in [1.82, 2.24) is 4.31 Å². The van der Waals surface area contributed by atoms with Gasteiger partial charge in [-0.05, 0) is 50.3 Å². The molecule has 5 nitrogen and oxygen atoms in total. The van der Waals surface area contributed by atoms with Gasteiger partial charge in [0.15, 0.2) is 0 Å². The van der Waals surface area contributed by atoms with E-state index in [2.05, 4.69) is 0 Å². The molecule has 110 valence electrons. The van der Waals surface area contributed by atoms with E-state index >= 15 is 0 Å². The second-order valence-corrected chi connectivity index (χ2v) is 7.35. The molecular weight excluding hydrogens is 278 g/mol. The van der Waals surface area contributed by atoms with Crippen LogP contribution < -0.4 is 0 Å². The number of carboxylic acids is 1. The van der Waals surface area contributed by atoms with Gasteiger partial charge in [-0.2, -0.15) is 4.31 Å². The Labute approximate surface area is 119 Å². The first-order chi connectivity index (χ1) is 9.25. The second-order valence-electron chi connectivity index (χ2n) is 5.38. The molecular formula is C14H19NO4S. The minimum Gasteiger partial charge on any atom is -0.478 e. The molecule has 0 heterocycles. The van der Waals surface area contributed by atoms with Gasteiger partial charge in [0.1, 0.15) is 0 Å². The van der Waals surface area contributed by atoms with Gasteiger partial charge >= 0.3 is 5.97 Å². The van der Waals surface area contributed by atoms with Gasteiger partial charge in [-0.25, -0.2) is 13.2 Å². The van der Waals surface area contributed by atoms with E-state index in [-0.39, 0.29) is 16.5 Å². The van der Waals surface area contributed by atoms with Gasteiger partial charge < -0.3 is 5.11 Å². The fraction of sp³-hybridized carbons (Fsp3) is 0.500. The van der Waals surface area contributed by atoms with E-state index in [0.717, 1.165) is 12.8 Å². The summed E-state index contributed by atoms with van der Waals surface area (Å²) in [6.07, 6.45) is 2.10. The van der Waals surface area contributed by atoms with Crippen LogP contribution in [0.25, 0.3) is 0 Å². The lowest BCUT2D eigenvalue weighted by Crippen LogP contribution is -2.36. The summed E-state index contributed by atoms with van der Waals surface area (Å²) in [6.45, 7) is 3.57. The number of aryl methyl sites for hydroxylation is 1. The zero-order chi connectivity index (χ0) is 15.1. The zero-order valence-corrected chi connectivity index (χ0v) is 12.6. The summed E-state index contributed by atoms with van der Waals surface area (Å²) in [6, 6.07) is 4.13. The Balaban J connectivity index is 2.42. The van der Waals surface area contributed by atoms with Crippen molar-refractivity contribution in [2.75, 3.05) is 7.05 Å². The molecule has 0 spiro atoms. The molecule has 20 heavy (non-hydrogen) atoms. The number of carbonyl (C=O) groups is 1. The molecule has 0 radical (unpaired) electrons. The van der Waals surface area contributed by atoms with Crippen LogP contribution in [0.1, 0.15) is 35.7 Å². The topological polar surface area (TPSA) is 74.7 Å². The fourth-order valence-electron chi connectivity index (χ4n) is 2.26. The maximum Gasteiger partial charge on any atom is 0.335 e. The predicted molar refractivity (Wildman–Crippen MR) is 75.3 cm³/mol. The van der Waals surface area contributed by atoms with Crippen LogP contribution in [0.3, 0.4) is 0 Å². The normalized spacial score (nSPS) is 17.2. The zero-order valence-electron chi connectivity index (χ0n) is 11.8. The SMILES string of the molecule is Cc1ccc(C(=O)O)cc1S(=O)(=O)N(C)C(C)C1CC1. The van der Waals surface area contributed by atoms with E-state index in [1.165, 1.54) is 22.5 Å². The molecule has 1 aliphatic carbocycles. The molecule has 1 aromatic carbocycles. The van der Waals surface area contributed by atoms with Crippen LogP contribution >= 0.6 is 0 Å². The van der Waals surface area contributed by atoms with Crippen molar-refractivity contribution in [3.05, 3.63) is 29.3 Å². The molecule has 0 saturated heterocycles. The third-order valence-corrected chi connectivity index (χ3v) is 6.06. The Bertz CT molecular complexity index is 635. The summed E-state index contributed by atoms with van der Waals surface area (Å²) >= 11 is 0. The number of hydrogen-bond acceptors (Lipinski definition) is 3. The smallest absolute Gasteiger partial charge is 0.335 e. The Morgan fingerprint density at radius 1 is 1.40 bits per heavy atom. The molecule has 1 aromatic rings. The average molecular weight is 297 g/mol. The Kier molecular flexibility index (Phi) is 3.88. The minimum absolute atomic E-state index is 0.0124. The van der Waals surface area contributed by atoms with E-state index < -0.39 is 16.0 Å². The molecule has 0 bridgehead atoms. The summed E-state index contributed by atoms with van der Waals surface area (Å²) in [5, 5.41) is 9.00. The fourth-order valence-corrected chi connectivity index (χ4v) is 3.93. The van der Waals surface area contributed by atoms with Gasteiger partial charge in [-0.1, -0.05) is 6.07 Å². The van der Waals surface area contributed by atoms with Crippen LogP contribution in [0, 0.1) is 12.8 Å². The molecule has 6 heteroatoms. The van der Waals surface area contributed by atoms with Gasteiger partial charge in [0.25, 0.3) is 0 Å². The molecule has 0 aromatic heterocycles. The number of aromatic carboxylic acids is 1. The third-order valence-electron chi connectivity index (χ3n) is 3.97. The van der Waals surface area contributed by atoms with Crippen molar-refractivity contribution >= 4 is 16.0 Å². The maximum atomic E-state index is 12.6. The number of sulfonamides is 1. The van der Waals surface area contributed by atoms with Crippen molar-refractivity contribution in [3.63, 3.8) is 0 Å². The van der Waals surface area contributed by atoms with E-state index in [1.807, 2.05) is 6.92 Å². The van der Waals surface area contributed by atoms with Crippen molar-refractivity contribution in [1.29, 1.82) is 0 Å². The van der Waals surface area contributed by atoms with Crippen LogP contribution in [-0.4, -0.2) is 36.9 Å². The van der Waals surface area contributed by atoms with E-state index in [0.29, 0.717) is 11.5 Å². The molecule has 1 atom stereocenters. The molecule has 1 fully saturated rings. The molecule has 1 saturated carbocycles. The third kappa shape index (κ3) is 2.71. The summed E-state index contributed by atoms with van der Waals surface area (Å²) in [5.41, 5.74) is 0.548. The quantitative estimate of drug-likeness (QED) is 0.903. The van der Waals surface area contributed by atoms with Gasteiger partial charge in [-0.15, -0.1) is 0 Å². The number of benzene rings is 1. The lowest BCUT2D eigenvalue weighted by molar-refractivity contribution is 0.0696. The Morgan fingerprint density at radius 2 is 2.00 bits per heavy atom. The lowest BCUT2D eigenvalue weighted by atomic mass is 10.1. The molecule has 0 amide bonds. The van der Waals surface area contributed by atoms with Crippen molar-refractivity contribution < 1.29 is 18.3 Å². The Morgan fingerprint density at radius 3 is 2.50 bits per heavy atom. The highest BCUT2D eigenvalue weighted by molar-refractivity contribution is 7.89. The highest BCUT2D eigenvalue weighted by Gasteiger charge is 2.36. The molecule has 2 rings (SSSR count). The molecule has 1 unspecified atom stereocenters. The number of rotatable bonds is 5. The first kappa shape index (κ1) is 15.0. The van der Waals surface area contributed by atoms with Crippen LogP contribution in [0.15, 0.2) is 23.1 Å². The molecule has 0 aliphatic heterocycles. The number of carboxylic acid groups (broad SMARTS) is 1. The monoisotopic (exact) mass is 297 g/mol. The van der Waals surface area contributed by atoms with Crippen LogP contribution in [0.4, 0.5) is 0 Å². The highest BCUT2D eigenvalue weighted by Crippen LogP contribution is 2.36. The van der Waals surface area contributed by atoms with Crippen LogP contribution in [0.5, 0.6) is 0 Å². The average Bonchev–Trinajstić information content (AvgIpc) is 3.21. The lowest BCUT2D eigenvalue weighted by Gasteiger charge is -2.25. The van der Waals surface area contributed by atoms with Gasteiger partial charge in [0, 0.05) is 13.1 Å². The number of nitrogens with zero attached hydrogens (tertiary/aromatic N) is 1. The van der Waals surface area contributed by atoms with Gasteiger partial charge in [0.05, 0.1) is 10.5 Å². The highest BCUT2D eigenvalue weighted by atomic mass is 32.2. The van der Waals surface area contributed by atoms with Crippen molar-refractivity contribution in [2.24, 2.45) is 5.92 Å².